The molecule has 0 atom stereocenters. The monoisotopic (exact) mass is 243 g/mol. The first-order chi connectivity index (χ1) is 4.35. The van der Waals surface area contributed by atoms with E-state index in [4.69, 9.17) is 5.11 Å². The second kappa shape index (κ2) is 6.77. The van der Waals surface area contributed by atoms with Crippen LogP contribution in [0.1, 0.15) is 13.3 Å². The molecule has 0 aliphatic carbocycles. The molecule has 0 saturated heterocycles. The van der Waals surface area contributed by atoms with Gasteiger partial charge in [-0.15, -0.1) is 0 Å². The van der Waals surface area contributed by atoms with Gasteiger partial charge in [-0.25, -0.2) is 0 Å². The molecule has 0 aliphatic rings. The van der Waals surface area contributed by atoms with Gasteiger partial charge in [0.1, 0.15) is 0 Å². The summed E-state index contributed by atoms with van der Waals surface area (Å²) in [4.78, 5) is 2.22. The topological polar surface area (TPSA) is 23.5 Å². The van der Waals surface area contributed by atoms with E-state index in [1.54, 1.807) is 0 Å². The molecule has 0 bridgehead atoms. The Morgan fingerprint density at radius 1 is 1.44 bits per heavy atom. The average Bonchev–Trinajstić information content (AvgIpc) is 1.88. The van der Waals surface area contributed by atoms with E-state index in [0.29, 0.717) is 0 Å². The van der Waals surface area contributed by atoms with Crippen molar-refractivity contribution in [1.82, 2.24) is 4.90 Å². The Labute approximate surface area is 70.4 Å². The third kappa shape index (κ3) is 5.11. The zero-order chi connectivity index (χ0) is 7.11. The predicted octanol–water partition coefficient (Wildman–Crippen LogP) is 1.08. The average molecular weight is 243 g/mol. The Balaban J connectivity index is 3.18. The maximum Gasteiger partial charge on any atom is 0.0558 e. The summed E-state index contributed by atoms with van der Waals surface area (Å²) in [5.74, 6) is 0. The summed E-state index contributed by atoms with van der Waals surface area (Å²) in [5.41, 5.74) is 0. The van der Waals surface area contributed by atoms with Gasteiger partial charge in [0, 0.05) is 6.54 Å². The van der Waals surface area contributed by atoms with Crippen molar-refractivity contribution in [3.63, 3.8) is 0 Å². The van der Waals surface area contributed by atoms with Crippen molar-refractivity contribution in [2.45, 2.75) is 13.3 Å². The number of aliphatic hydroxyl groups excluding tert-OH is 1. The summed E-state index contributed by atoms with van der Waals surface area (Å²) in [5, 5.41) is 8.55. The molecule has 3 heteroatoms. The number of hydrogen-bond donors (Lipinski definition) is 1. The van der Waals surface area contributed by atoms with E-state index in [9.17, 15) is 0 Å². The highest BCUT2D eigenvalue weighted by molar-refractivity contribution is 14.1. The van der Waals surface area contributed by atoms with Gasteiger partial charge in [-0.05, 0) is 13.0 Å². The number of rotatable bonds is 5. The molecule has 0 amide bonds. The number of alkyl halides is 1. The number of hydrogen-bond acceptors (Lipinski definition) is 2. The molecular weight excluding hydrogens is 229 g/mol. The molecule has 2 nitrogen and oxygen atoms in total. The summed E-state index contributed by atoms with van der Waals surface area (Å²) in [6, 6.07) is 0. The molecule has 0 radical (unpaired) electrons. The van der Waals surface area contributed by atoms with Crippen LogP contribution >= 0.6 is 22.6 Å². The van der Waals surface area contributed by atoms with Crippen molar-refractivity contribution in [2.24, 2.45) is 0 Å². The van der Waals surface area contributed by atoms with Gasteiger partial charge in [0.05, 0.1) is 11.2 Å². The van der Waals surface area contributed by atoms with Crippen LogP contribution in [0.25, 0.3) is 0 Å². The van der Waals surface area contributed by atoms with E-state index in [2.05, 4.69) is 34.4 Å². The molecule has 0 rings (SSSR count). The van der Waals surface area contributed by atoms with Gasteiger partial charge in [0.25, 0.3) is 0 Å². The fourth-order valence-electron chi connectivity index (χ4n) is 0.689. The largest absolute Gasteiger partial charge is 0.395 e. The second-order valence-corrected chi connectivity index (χ2v) is 2.64. The molecule has 0 aromatic carbocycles. The van der Waals surface area contributed by atoms with Gasteiger partial charge >= 0.3 is 0 Å². The van der Waals surface area contributed by atoms with Crippen molar-refractivity contribution < 1.29 is 5.11 Å². The minimum Gasteiger partial charge on any atom is -0.395 e. The van der Waals surface area contributed by atoms with Gasteiger partial charge in [-0.2, -0.15) is 0 Å². The first-order valence-corrected chi connectivity index (χ1v) is 4.76. The van der Waals surface area contributed by atoms with Gasteiger partial charge < -0.3 is 5.11 Å². The first kappa shape index (κ1) is 9.65. The molecule has 0 fully saturated rings. The van der Waals surface area contributed by atoms with Crippen molar-refractivity contribution in [2.75, 3.05) is 24.2 Å². The number of nitrogens with zero attached hydrogens (tertiary/aromatic N) is 1. The molecule has 56 valence electrons. The lowest BCUT2D eigenvalue weighted by Gasteiger charge is -2.15. The van der Waals surface area contributed by atoms with Crippen LogP contribution < -0.4 is 0 Å². The maximum absolute atomic E-state index is 8.55. The predicted molar refractivity (Wildman–Crippen MR) is 47.8 cm³/mol. The molecule has 0 aliphatic heterocycles. The van der Waals surface area contributed by atoms with E-state index in [0.717, 1.165) is 17.6 Å². The normalized spacial score (nSPS) is 10.7. The Morgan fingerprint density at radius 3 is 2.44 bits per heavy atom. The van der Waals surface area contributed by atoms with E-state index >= 15 is 0 Å². The zero-order valence-corrected chi connectivity index (χ0v) is 7.97. The zero-order valence-electron chi connectivity index (χ0n) is 5.81. The lowest BCUT2D eigenvalue weighted by atomic mass is 10.4. The van der Waals surface area contributed by atoms with Gasteiger partial charge in [0.2, 0.25) is 0 Å². The van der Waals surface area contributed by atoms with Gasteiger partial charge in [-0.1, -0.05) is 29.5 Å². The van der Waals surface area contributed by atoms with Gasteiger partial charge in [-0.3, -0.25) is 4.90 Å². The molecule has 0 saturated carbocycles. The minimum absolute atomic E-state index is 0.281. The highest BCUT2D eigenvalue weighted by Gasteiger charge is 1.97. The number of aliphatic hydroxyl groups is 1. The Hall–Kier alpha value is 0.650. The number of halogens is 1. The van der Waals surface area contributed by atoms with E-state index < -0.39 is 0 Å². The minimum atomic E-state index is 0.281. The molecule has 0 aromatic heterocycles. The molecule has 1 N–H and O–H groups in total. The molecule has 0 heterocycles. The van der Waals surface area contributed by atoms with Crippen LogP contribution in [0.5, 0.6) is 0 Å². The molecular formula is C6H14INO. The fourth-order valence-corrected chi connectivity index (χ4v) is 1.37. The summed E-state index contributed by atoms with van der Waals surface area (Å²) in [7, 11) is 0. The van der Waals surface area contributed by atoms with Crippen molar-refractivity contribution >= 4 is 22.6 Å². The SMILES string of the molecule is CCCN(CI)CCO. The second-order valence-electron chi connectivity index (χ2n) is 1.96. The molecule has 0 unspecified atom stereocenters. The van der Waals surface area contributed by atoms with Crippen LogP contribution in [0.15, 0.2) is 0 Å². The molecule has 9 heavy (non-hydrogen) atoms. The summed E-state index contributed by atoms with van der Waals surface area (Å²) >= 11 is 2.31. The third-order valence-electron chi connectivity index (χ3n) is 1.13. The Bertz CT molecular complexity index is 55.0. The van der Waals surface area contributed by atoms with Crippen molar-refractivity contribution in [3.8, 4) is 0 Å². The standard InChI is InChI=1S/C6H14INO/c1-2-3-8(6-7)4-5-9/h9H,2-6H2,1H3. The first-order valence-electron chi connectivity index (χ1n) is 3.24. The highest BCUT2D eigenvalue weighted by Crippen LogP contribution is 1.94. The van der Waals surface area contributed by atoms with Crippen LogP contribution in [-0.4, -0.2) is 34.3 Å². The highest BCUT2D eigenvalue weighted by atomic mass is 127. The van der Waals surface area contributed by atoms with Gasteiger partial charge in [0.15, 0.2) is 0 Å². The van der Waals surface area contributed by atoms with Crippen molar-refractivity contribution in [1.29, 1.82) is 0 Å². The van der Waals surface area contributed by atoms with Crippen molar-refractivity contribution in [3.05, 3.63) is 0 Å². The smallest absolute Gasteiger partial charge is 0.0558 e. The van der Waals surface area contributed by atoms with Crippen LogP contribution in [0, 0.1) is 0 Å². The Morgan fingerprint density at radius 2 is 2.11 bits per heavy atom. The fraction of sp³-hybridized carbons (Fsp3) is 1.00. The van der Waals surface area contributed by atoms with Crippen LogP contribution in [0.2, 0.25) is 0 Å². The lowest BCUT2D eigenvalue weighted by Crippen LogP contribution is -2.25. The lowest BCUT2D eigenvalue weighted by molar-refractivity contribution is 0.219. The summed E-state index contributed by atoms with van der Waals surface area (Å²) < 4.78 is 1.02. The summed E-state index contributed by atoms with van der Waals surface area (Å²) in [6.07, 6.45) is 1.17. The quantitative estimate of drug-likeness (QED) is 0.443. The Kier molecular flexibility index (Phi) is 7.25. The van der Waals surface area contributed by atoms with Crippen LogP contribution in [0.4, 0.5) is 0 Å². The van der Waals surface area contributed by atoms with Crippen LogP contribution in [-0.2, 0) is 0 Å². The van der Waals surface area contributed by atoms with Crippen LogP contribution in [0.3, 0.4) is 0 Å². The van der Waals surface area contributed by atoms with E-state index in [-0.39, 0.29) is 6.61 Å². The summed E-state index contributed by atoms with van der Waals surface area (Å²) in [6.45, 7) is 4.35. The van der Waals surface area contributed by atoms with E-state index in [1.165, 1.54) is 6.42 Å². The molecule has 0 spiro atoms. The molecule has 0 aromatic rings. The third-order valence-corrected chi connectivity index (χ3v) is 2.09. The van der Waals surface area contributed by atoms with E-state index in [1.807, 2.05) is 0 Å². The maximum atomic E-state index is 8.55.